The van der Waals surface area contributed by atoms with Crippen molar-refractivity contribution in [3.05, 3.63) is 0 Å². The largest absolute Gasteiger partial charge is 0.376 e. The summed E-state index contributed by atoms with van der Waals surface area (Å²) in [4.78, 5) is 0. The van der Waals surface area contributed by atoms with Crippen LogP contribution < -0.4 is 0 Å². The molecule has 0 heterocycles. The Morgan fingerprint density at radius 2 is 1.60 bits per heavy atom. The summed E-state index contributed by atoms with van der Waals surface area (Å²) in [6.45, 7) is 14.4. The van der Waals surface area contributed by atoms with E-state index >= 15 is 0 Å². The molecule has 0 aromatic rings. The molecule has 0 aliphatic heterocycles. The molecule has 90 valence electrons. The van der Waals surface area contributed by atoms with Gasteiger partial charge in [-0.15, -0.1) is 0 Å². The zero-order valence-electron chi connectivity index (χ0n) is 11.4. The second-order valence-electron chi connectivity index (χ2n) is 7.09. The highest BCUT2D eigenvalue weighted by molar-refractivity contribution is 4.85. The maximum absolute atomic E-state index is 5.97. The summed E-state index contributed by atoms with van der Waals surface area (Å²) in [6, 6.07) is 0. The van der Waals surface area contributed by atoms with E-state index < -0.39 is 0 Å². The molecule has 0 aromatic carbocycles. The molecule has 1 saturated carbocycles. The van der Waals surface area contributed by atoms with E-state index in [1.807, 2.05) is 0 Å². The Morgan fingerprint density at radius 1 is 1.07 bits per heavy atom. The van der Waals surface area contributed by atoms with Crippen LogP contribution in [0.1, 0.15) is 60.8 Å². The first-order chi connectivity index (χ1) is 6.70. The highest BCUT2D eigenvalue weighted by Crippen LogP contribution is 2.43. The predicted molar refractivity (Wildman–Crippen MR) is 66.0 cm³/mol. The molecular formula is C14H28O. The molecule has 0 aromatic heterocycles. The van der Waals surface area contributed by atoms with Crippen LogP contribution in [0.25, 0.3) is 0 Å². The van der Waals surface area contributed by atoms with E-state index in [2.05, 4.69) is 41.5 Å². The molecule has 0 bridgehead atoms. The Labute approximate surface area is 95.6 Å². The molecule has 0 spiro atoms. The topological polar surface area (TPSA) is 9.23 Å². The second-order valence-corrected chi connectivity index (χ2v) is 7.09. The van der Waals surface area contributed by atoms with E-state index in [9.17, 15) is 0 Å². The van der Waals surface area contributed by atoms with Gasteiger partial charge in [-0.2, -0.15) is 0 Å². The summed E-state index contributed by atoms with van der Waals surface area (Å²) in [7, 11) is 0. The number of hydrogen-bond donors (Lipinski definition) is 0. The van der Waals surface area contributed by atoms with Crippen LogP contribution in [0, 0.1) is 17.3 Å². The van der Waals surface area contributed by atoms with Gasteiger partial charge in [-0.1, -0.05) is 40.0 Å². The van der Waals surface area contributed by atoms with Crippen molar-refractivity contribution in [2.75, 3.05) is 6.61 Å². The molecule has 1 atom stereocenters. The molecule has 1 nitrogen and oxygen atoms in total. The van der Waals surface area contributed by atoms with Crippen LogP contribution in [0.4, 0.5) is 0 Å². The Kier molecular flexibility index (Phi) is 3.86. The lowest BCUT2D eigenvalue weighted by Gasteiger charge is -2.42. The molecule has 0 saturated heterocycles. The van der Waals surface area contributed by atoms with Gasteiger partial charge in [0, 0.05) is 0 Å². The van der Waals surface area contributed by atoms with Crippen LogP contribution in [0.2, 0.25) is 0 Å². The smallest absolute Gasteiger partial charge is 0.0598 e. The van der Waals surface area contributed by atoms with Crippen LogP contribution in [0.15, 0.2) is 0 Å². The molecular weight excluding hydrogens is 184 g/mol. The van der Waals surface area contributed by atoms with Crippen LogP contribution in [-0.2, 0) is 4.74 Å². The Hall–Kier alpha value is -0.0400. The van der Waals surface area contributed by atoms with Crippen LogP contribution >= 0.6 is 0 Å². The van der Waals surface area contributed by atoms with Crippen molar-refractivity contribution in [3.8, 4) is 0 Å². The fraction of sp³-hybridized carbons (Fsp3) is 1.00. The van der Waals surface area contributed by atoms with Crippen molar-refractivity contribution >= 4 is 0 Å². The van der Waals surface area contributed by atoms with Gasteiger partial charge in [0.1, 0.15) is 0 Å². The van der Waals surface area contributed by atoms with Crippen LogP contribution in [-0.4, -0.2) is 12.2 Å². The third-order valence-electron chi connectivity index (χ3n) is 3.53. The first kappa shape index (κ1) is 13.0. The molecule has 0 N–H and O–H groups in total. The lowest BCUT2D eigenvalue weighted by Crippen LogP contribution is -2.38. The molecule has 0 radical (unpaired) electrons. The summed E-state index contributed by atoms with van der Waals surface area (Å²) < 4.78 is 5.97. The molecule has 1 unspecified atom stereocenters. The standard InChI is InChI=1S/C14H28O/c1-13(2,3)12(11-8-7-9-11)10-15-14(4,5)6/h11-12H,7-10H2,1-6H3. The quantitative estimate of drug-likeness (QED) is 0.679. The lowest BCUT2D eigenvalue weighted by atomic mass is 9.66. The number of rotatable bonds is 3. The molecule has 0 amide bonds. The normalized spacial score (nSPS) is 21.2. The SMILES string of the molecule is CC(C)(C)OCC(C1CCC1)C(C)(C)C. The highest BCUT2D eigenvalue weighted by Gasteiger charge is 2.36. The van der Waals surface area contributed by atoms with E-state index in [4.69, 9.17) is 4.74 Å². The van der Waals surface area contributed by atoms with Crippen LogP contribution in [0.3, 0.4) is 0 Å². The van der Waals surface area contributed by atoms with Gasteiger partial charge in [0.2, 0.25) is 0 Å². The summed E-state index contributed by atoms with van der Waals surface area (Å²) >= 11 is 0. The van der Waals surface area contributed by atoms with Gasteiger partial charge in [0.25, 0.3) is 0 Å². The average Bonchev–Trinajstić information content (AvgIpc) is 1.88. The van der Waals surface area contributed by atoms with Gasteiger partial charge in [0.15, 0.2) is 0 Å². The van der Waals surface area contributed by atoms with Crippen molar-refractivity contribution in [2.45, 2.75) is 66.4 Å². The van der Waals surface area contributed by atoms with Crippen molar-refractivity contribution < 1.29 is 4.74 Å². The zero-order chi connectivity index (χ0) is 11.7. The van der Waals surface area contributed by atoms with Crippen molar-refractivity contribution in [1.82, 2.24) is 0 Å². The Morgan fingerprint density at radius 3 is 1.87 bits per heavy atom. The van der Waals surface area contributed by atoms with Gasteiger partial charge in [-0.05, 0) is 38.0 Å². The van der Waals surface area contributed by atoms with Gasteiger partial charge in [-0.3, -0.25) is 0 Å². The van der Waals surface area contributed by atoms with Crippen molar-refractivity contribution in [3.63, 3.8) is 0 Å². The van der Waals surface area contributed by atoms with Gasteiger partial charge >= 0.3 is 0 Å². The Bertz CT molecular complexity index is 190. The van der Waals surface area contributed by atoms with Gasteiger partial charge in [-0.25, -0.2) is 0 Å². The zero-order valence-corrected chi connectivity index (χ0v) is 11.4. The fourth-order valence-electron chi connectivity index (χ4n) is 2.28. The number of hydrogen-bond acceptors (Lipinski definition) is 1. The molecule has 1 rings (SSSR count). The molecule has 1 heteroatoms. The Balaban J connectivity index is 2.50. The maximum Gasteiger partial charge on any atom is 0.0598 e. The van der Waals surface area contributed by atoms with E-state index in [0.717, 1.165) is 18.4 Å². The monoisotopic (exact) mass is 212 g/mol. The minimum Gasteiger partial charge on any atom is -0.376 e. The van der Waals surface area contributed by atoms with E-state index in [0.29, 0.717) is 5.41 Å². The van der Waals surface area contributed by atoms with Gasteiger partial charge < -0.3 is 4.74 Å². The molecule has 1 aliphatic carbocycles. The van der Waals surface area contributed by atoms with E-state index in [1.54, 1.807) is 0 Å². The summed E-state index contributed by atoms with van der Waals surface area (Å²) in [5.74, 6) is 1.64. The minimum atomic E-state index is 0.00719. The maximum atomic E-state index is 5.97. The highest BCUT2D eigenvalue weighted by atomic mass is 16.5. The average molecular weight is 212 g/mol. The summed E-state index contributed by atoms with van der Waals surface area (Å²) in [5.41, 5.74) is 0.392. The van der Waals surface area contributed by atoms with Crippen LogP contribution in [0.5, 0.6) is 0 Å². The third-order valence-corrected chi connectivity index (χ3v) is 3.53. The van der Waals surface area contributed by atoms with Gasteiger partial charge in [0.05, 0.1) is 12.2 Å². The summed E-state index contributed by atoms with van der Waals surface area (Å²) in [6.07, 6.45) is 4.25. The molecule has 1 aliphatic rings. The third kappa shape index (κ3) is 4.14. The molecule has 1 fully saturated rings. The minimum absolute atomic E-state index is 0.00719. The lowest BCUT2D eigenvalue weighted by molar-refractivity contribution is -0.0666. The predicted octanol–water partition coefficient (Wildman–Crippen LogP) is 4.26. The number of ether oxygens (including phenoxy) is 1. The fourth-order valence-corrected chi connectivity index (χ4v) is 2.28. The second kappa shape index (κ2) is 4.45. The first-order valence-electron chi connectivity index (χ1n) is 6.34. The first-order valence-corrected chi connectivity index (χ1v) is 6.34. The van der Waals surface area contributed by atoms with Crippen molar-refractivity contribution in [2.24, 2.45) is 17.3 Å². The van der Waals surface area contributed by atoms with E-state index in [1.165, 1.54) is 19.3 Å². The molecule has 15 heavy (non-hydrogen) atoms. The van der Waals surface area contributed by atoms with Crippen molar-refractivity contribution in [1.29, 1.82) is 0 Å². The summed E-state index contributed by atoms with van der Waals surface area (Å²) in [5, 5.41) is 0. The van der Waals surface area contributed by atoms with E-state index in [-0.39, 0.29) is 5.60 Å².